The van der Waals surface area contributed by atoms with E-state index < -0.39 is 4.92 Å². The van der Waals surface area contributed by atoms with Crippen molar-refractivity contribution in [2.75, 3.05) is 23.7 Å². The molecule has 6 heteroatoms. The minimum absolute atomic E-state index is 0.124. The first kappa shape index (κ1) is 12.7. The van der Waals surface area contributed by atoms with Gasteiger partial charge in [0.15, 0.2) is 0 Å². The van der Waals surface area contributed by atoms with E-state index >= 15 is 0 Å². The summed E-state index contributed by atoms with van der Waals surface area (Å²) in [6.07, 6.45) is 0. The largest absolute Gasteiger partial charge is 0.370 e. The number of thioether (sulfide) groups is 1. The van der Waals surface area contributed by atoms with Gasteiger partial charge in [0.1, 0.15) is 11.6 Å². The second kappa shape index (κ2) is 5.27. The molecule has 0 saturated carbocycles. The molecule has 5 nitrogen and oxygen atoms in total. The van der Waals surface area contributed by atoms with Crippen molar-refractivity contribution >= 4 is 23.1 Å². The van der Waals surface area contributed by atoms with Crippen molar-refractivity contribution in [3.05, 3.63) is 33.9 Å². The highest BCUT2D eigenvalue weighted by Gasteiger charge is 2.20. The molecule has 0 aliphatic carbocycles. The van der Waals surface area contributed by atoms with Crippen LogP contribution in [0.15, 0.2) is 18.2 Å². The maximum Gasteiger partial charge on any atom is 0.287 e. The Bertz CT molecular complexity index is 513. The fraction of sp³-hybridized carbons (Fsp3) is 0.417. The Hall–Kier alpha value is -1.74. The number of hydrogen-bond donors (Lipinski definition) is 0. The first-order valence-electron chi connectivity index (χ1n) is 5.67. The van der Waals surface area contributed by atoms with Gasteiger partial charge in [0.05, 0.1) is 4.92 Å². The molecular formula is C12H13N3O2S. The average molecular weight is 263 g/mol. The number of nitriles is 1. The number of nitro benzene ring substituents is 1. The van der Waals surface area contributed by atoms with Gasteiger partial charge in [0.25, 0.3) is 5.69 Å². The predicted octanol–water partition coefficient (Wildman–Crippen LogP) is 2.41. The lowest BCUT2D eigenvalue weighted by Crippen LogP contribution is -2.36. The first-order chi connectivity index (χ1) is 8.61. The zero-order valence-corrected chi connectivity index (χ0v) is 10.8. The number of benzene rings is 1. The van der Waals surface area contributed by atoms with Gasteiger partial charge < -0.3 is 4.90 Å². The normalized spacial score (nSPS) is 19.3. The highest BCUT2D eigenvalue weighted by molar-refractivity contribution is 8.00. The molecule has 0 bridgehead atoms. The second-order valence-corrected chi connectivity index (χ2v) is 5.74. The maximum absolute atomic E-state index is 10.8. The molecule has 1 atom stereocenters. The van der Waals surface area contributed by atoms with Crippen LogP contribution in [0, 0.1) is 21.4 Å². The topological polar surface area (TPSA) is 70.2 Å². The van der Waals surface area contributed by atoms with Crippen LogP contribution in [0.1, 0.15) is 12.5 Å². The quantitative estimate of drug-likeness (QED) is 0.605. The van der Waals surface area contributed by atoms with E-state index in [1.165, 1.54) is 6.07 Å². The number of rotatable bonds is 2. The van der Waals surface area contributed by atoms with Crippen LogP contribution in [-0.2, 0) is 0 Å². The molecule has 1 aromatic carbocycles. The minimum atomic E-state index is -0.517. The molecule has 0 aromatic heterocycles. The molecule has 0 radical (unpaired) electrons. The summed E-state index contributed by atoms with van der Waals surface area (Å²) in [5, 5.41) is 20.3. The Morgan fingerprint density at radius 3 is 3.00 bits per heavy atom. The monoisotopic (exact) mass is 263 g/mol. The van der Waals surface area contributed by atoms with Gasteiger partial charge in [-0.25, -0.2) is 0 Å². The second-order valence-electron chi connectivity index (χ2n) is 4.20. The Morgan fingerprint density at radius 2 is 2.39 bits per heavy atom. The number of nitrogens with zero attached hydrogens (tertiary/aromatic N) is 3. The van der Waals surface area contributed by atoms with Crippen LogP contribution in [0.2, 0.25) is 0 Å². The summed E-state index contributed by atoms with van der Waals surface area (Å²) in [6.45, 7) is 3.98. The Kier molecular flexibility index (Phi) is 3.72. The fourth-order valence-electron chi connectivity index (χ4n) is 2.02. The number of anilines is 1. The summed E-state index contributed by atoms with van der Waals surface area (Å²) in [4.78, 5) is 12.4. The molecule has 0 spiro atoms. The van der Waals surface area contributed by atoms with Gasteiger partial charge in [-0.2, -0.15) is 17.0 Å². The smallest absolute Gasteiger partial charge is 0.287 e. The zero-order chi connectivity index (χ0) is 13.1. The summed E-state index contributed by atoms with van der Waals surface area (Å²) in [5.41, 5.74) is 0.897. The average Bonchev–Trinajstić information content (AvgIpc) is 2.37. The SMILES string of the molecule is CC1CN(c2ccc([N+](=O)[O-])c(C#N)c2)CCS1. The van der Waals surface area contributed by atoms with Crippen LogP contribution in [0.4, 0.5) is 11.4 Å². The van der Waals surface area contributed by atoms with Crippen molar-refractivity contribution < 1.29 is 4.92 Å². The molecular weight excluding hydrogens is 250 g/mol. The summed E-state index contributed by atoms with van der Waals surface area (Å²) >= 11 is 1.92. The van der Waals surface area contributed by atoms with Gasteiger partial charge in [-0.05, 0) is 12.1 Å². The van der Waals surface area contributed by atoms with E-state index in [-0.39, 0.29) is 11.3 Å². The van der Waals surface area contributed by atoms with Crippen LogP contribution in [0.5, 0.6) is 0 Å². The molecule has 1 aliphatic rings. The first-order valence-corrected chi connectivity index (χ1v) is 6.72. The Morgan fingerprint density at radius 1 is 1.61 bits per heavy atom. The lowest BCUT2D eigenvalue weighted by atomic mass is 10.1. The van der Waals surface area contributed by atoms with Crippen molar-refractivity contribution in [3.8, 4) is 6.07 Å². The summed E-state index contributed by atoms with van der Waals surface area (Å²) in [7, 11) is 0. The molecule has 0 amide bonds. The van der Waals surface area contributed by atoms with Crippen LogP contribution in [-0.4, -0.2) is 29.0 Å². The summed E-state index contributed by atoms with van der Waals surface area (Å²) in [5.74, 6) is 1.04. The summed E-state index contributed by atoms with van der Waals surface area (Å²) in [6, 6.07) is 6.65. The van der Waals surface area contributed by atoms with Crippen LogP contribution in [0.25, 0.3) is 0 Å². The lowest BCUT2D eigenvalue weighted by Gasteiger charge is -2.32. The maximum atomic E-state index is 10.8. The minimum Gasteiger partial charge on any atom is -0.370 e. The van der Waals surface area contributed by atoms with Gasteiger partial charge in [-0.3, -0.25) is 10.1 Å². The van der Waals surface area contributed by atoms with E-state index in [9.17, 15) is 10.1 Å². The van der Waals surface area contributed by atoms with Crippen molar-refractivity contribution in [2.45, 2.75) is 12.2 Å². The van der Waals surface area contributed by atoms with E-state index in [1.54, 1.807) is 12.1 Å². The highest BCUT2D eigenvalue weighted by Crippen LogP contribution is 2.28. The molecule has 94 valence electrons. The molecule has 0 N–H and O–H groups in total. The summed E-state index contributed by atoms with van der Waals surface area (Å²) < 4.78 is 0. The van der Waals surface area contributed by atoms with E-state index in [0.717, 1.165) is 24.5 Å². The van der Waals surface area contributed by atoms with E-state index in [0.29, 0.717) is 5.25 Å². The number of hydrogen-bond acceptors (Lipinski definition) is 5. The lowest BCUT2D eigenvalue weighted by molar-refractivity contribution is -0.385. The molecule has 1 heterocycles. The molecule has 1 saturated heterocycles. The molecule has 1 aliphatic heterocycles. The van der Waals surface area contributed by atoms with Crippen molar-refractivity contribution in [2.24, 2.45) is 0 Å². The molecule has 18 heavy (non-hydrogen) atoms. The highest BCUT2D eigenvalue weighted by atomic mass is 32.2. The standard InChI is InChI=1S/C12H13N3O2S/c1-9-8-14(4-5-18-9)11-2-3-12(15(16)17)10(6-11)7-13/h2-3,6,9H,4-5,8H2,1H3. The fourth-order valence-corrected chi connectivity index (χ4v) is 3.04. The zero-order valence-electron chi connectivity index (χ0n) is 10.00. The van der Waals surface area contributed by atoms with Gasteiger partial charge in [-0.1, -0.05) is 6.92 Å². The third kappa shape index (κ3) is 2.57. The van der Waals surface area contributed by atoms with Crippen molar-refractivity contribution in [3.63, 3.8) is 0 Å². The van der Waals surface area contributed by atoms with Crippen LogP contribution < -0.4 is 4.90 Å². The van der Waals surface area contributed by atoms with E-state index in [1.807, 2.05) is 17.8 Å². The molecule has 1 fully saturated rings. The van der Waals surface area contributed by atoms with Gasteiger partial charge >= 0.3 is 0 Å². The van der Waals surface area contributed by atoms with E-state index in [2.05, 4.69) is 11.8 Å². The predicted molar refractivity (Wildman–Crippen MR) is 71.9 cm³/mol. The Balaban J connectivity index is 2.30. The van der Waals surface area contributed by atoms with Gasteiger partial charge in [0.2, 0.25) is 0 Å². The molecule has 2 rings (SSSR count). The molecule has 1 unspecified atom stereocenters. The third-order valence-electron chi connectivity index (χ3n) is 2.90. The van der Waals surface area contributed by atoms with Crippen LogP contribution >= 0.6 is 11.8 Å². The third-order valence-corrected chi connectivity index (χ3v) is 4.04. The van der Waals surface area contributed by atoms with Gasteiger partial charge in [-0.15, -0.1) is 0 Å². The molecule has 1 aromatic rings. The number of nitro groups is 1. The van der Waals surface area contributed by atoms with Gasteiger partial charge in [0, 0.05) is 35.8 Å². The van der Waals surface area contributed by atoms with Crippen molar-refractivity contribution in [1.82, 2.24) is 0 Å². The van der Waals surface area contributed by atoms with Crippen molar-refractivity contribution in [1.29, 1.82) is 5.26 Å². The van der Waals surface area contributed by atoms with Crippen LogP contribution in [0.3, 0.4) is 0 Å². The van der Waals surface area contributed by atoms with E-state index in [4.69, 9.17) is 5.26 Å². The Labute approximate surface area is 110 Å².